The molecule has 39 heavy (non-hydrogen) atoms. The van der Waals surface area contributed by atoms with Crippen molar-refractivity contribution in [2.45, 2.75) is 20.3 Å². The molecule has 0 saturated carbocycles. The van der Waals surface area contributed by atoms with Crippen LogP contribution in [0.25, 0.3) is 0 Å². The third-order valence-corrected chi connectivity index (χ3v) is 3.45. The highest BCUT2D eigenvalue weighted by atomic mass is 16.5. The Balaban J connectivity index is -0.0000000874. The summed E-state index contributed by atoms with van der Waals surface area (Å²) >= 11 is 0. The fourth-order valence-corrected chi connectivity index (χ4v) is 1.64. The fraction of sp³-hybridized carbons (Fsp3) is 0.875. The van der Waals surface area contributed by atoms with Gasteiger partial charge in [-0.15, -0.1) is 0 Å². The molecule has 0 aliphatic heterocycles. The predicted molar refractivity (Wildman–Crippen MR) is 138 cm³/mol. The van der Waals surface area contributed by atoms with Gasteiger partial charge in [0, 0.05) is 61.1 Å². The molecule has 0 amide bonds. The Bertz CT molecular complexity index is 369. The topological polar surface area (TPSA) is 226 Å². The van der Waals surface area contributed by atoms with E-state index in [1.54, 1.807) is 42.7 Å². The average molecular weight is 580 g/mol. The molecule has 15 heteroatoms. The monoisotopic (exact) mass is 579 g/mol. The van der Waals surface area contributed by atoms with Gasteiger partial charge in [-0.2, -0.15) is 0 Å². The molecule has 0 heterocycles. The Labute approximate surface area is 234 Å². The summed E-state index contributed by atoms with van der Waals surface area (Å²) in [4.78, 5) is 26.4. The molecule has 0 saturated heterocycles. The molecule has 0 spiro atoms. The van der Waals surface area contributed by atoms with Crippen molar-refractivity contribution in [3.05, 3.63) is 0 Å². The second-order valence-corrected chi connectivity index (χ2v) is 6.87. The van der Waals surface area contributed by atoms with Gasteiger partial charge in [-0.05, 0) is 13.3 Å². The minimum Gasteiger partial charge on any atom is -0.554 e. The SMILES string of the molecule is CC(=O)[O-].CCC(=O)[O-].COCC[NH2+]CCOC.COCC[NH2+]CCOC.COCC[NH2+]CCOC.O=C[O-]. The van der Waals surface area contributed by atoms with E-state index in [1.165, 1.54) is 6.92 Å². The molecular formula is C24H57N3O12. The van der Waals surface area contributed by atoms with Crippen molar-refractivity contribution in [2.24, 2.45) is 0 Å². The molecule has 0 aromatic rings. The van der Waals surface area contributed by atoms with Crippen molar-refractivity contribution < 1.29 is 74.1 Å². The molecular weight excluding hydrogens is 522 g/mol. The zero-order valence-electron chi connectivity index (χ0n) is 25.4. The van der Waals surface area contributed by atoms with Crippen LogP contribution in [-0.2, 0) is 42.8 Å². The maximum Gasteiger partial charge on any atom is 0.0993 e. The van der Waals surface area contributed by atoms with E-state index < -0.39 is 18.4 Å². The molecule has 0 fully saturated rings. The van der Waals surface area contributed by atoms with Gasteiger partial charge in [0.25, 0.3) is 0 Å². The van der Waals surface area contributed by atoms with Gasteiger partial charge < -0.3 is 74.1 Å². The smallest absolute Gasteiger partial charge is 0.0993 e. The normalized spacial score (nSPS) is 8.82. The van der Waals surface area contributed by atoms with Gasteiger partial charge in [-0.25, -0.2) is 0 Å². The van der Waals surface area contributed by atoms with E-state index in [9.17, 15) is 9.90 Å². The number of carbonyl (C=O) groups excluding carboxylic acids is 3. The summed E-state index contributed by atoms with van der Waals surface area (Å²) in [5, 5.41) is 32.9. The molecule has 0 aliphatic carbocycles. The molecule has 0 atom stereocenters. The van der Waals surface area contributed by atoms with E-state index in [4.69, 9.17) is 48.2 Å². The van der Waals surface area contributed by atoms with Crippen LogP contribution in [0, 0.1) is 0 Å². The Morgan fingerprint density at radius 3 is 0.795 bits per heavy atom. The fourth-order valence-electron chi connectivity index (χ4n) is 1.64. The lowest BCUT2D eigenvalue weighted by molar-refractivity contribution is -0.657. The standard InChI is InChI=1S/3C6H15NO2.C3H6O2.C2H4O2.CH2O2/c3*1-8-5-3-7-4-6-9-2;1-2-3(4)5;1-2(3)4;2-1-3/h3*7H,3-6H2,1-2H3;2H2,1H3,(H,4,5);1H3,(H,3,4);1H,(H,2,3). The number of quaternary nitrogens is 3. The quantitative estimate of drug-likeness (QED) is 0.0958. The first kappa shape index (κ1) is 49.9. The number of hydrogen-bond acceptors (Lipinski definition) is 12. The lowest BCUT2D eigenvalue weighted by Gasteiger charge is -1.98. The first-order chi connectivity index (χ1) is 18.7. The minimum absolute atomic E-state index is 0.111. The van der Waals surface area contributed by atoms with Gasteiger partial charge in [-0.3, -0.25) is 0 Å². The van der Waals surface area contributed by atoms with Crippen LogP contribution in [0.5, 0.6) is 0 Å². The van der Waals surface area contributed by atoms with Crippen LogP contribution < -0.4 is 31.3 Å². The Hall–Kier alpha value is -1.95. The predicted octanol–water partition coefficient (Wildman–Crippen LogP) is -7.20. The molecule has 0 bridgehead atoms. The molecule has 240 valence electrons. The highest BCUT2D eigenvalue weighted by Gasteiger charge is 1.88. The highest BCUT2D eigenvalue weighted by molar-refractivity contribution is 5.63. The van der Waals surface area contributed by atoms with Gasteiger partial charge in [-0.1, -0.05) is 6.92 Å². The molecule has 6 N–H and O–H groups in total. The van der Waals surface area contributed by atoms with E-state index >= 15 is 0 Å². The summed E-state index contributed by atoms with van der Waals surface area (Å²) in [5.41, 5.74) is 0. The van der Waals surface area contributed by atoms with Crippen molar-refractivity contribution in [1.29, 1.82) is 0 Å². The summed E-state index contributed by atoms with van der Waals surface area (Å²) in [6, 6.07) is 0. The number of carboxylic acids is 2. The second kappa shape index (κ2) is 60.5. The highest BCUT2D eigenvalue weighted by Crippen LogP contribution is 1.62. The molecule has 0 aromatic heterocycles. The van der Waals surface area contributed by atoms with Crippen LogP contribution in [0.15, 0.2) is 0 Å². The summed E-state index contributed by atoms with van der Waals surface area (Å²) in [6.07, 6.45) is 0.111. The third kappa shape index (κ3) is 128. The van der Waals surface area contributed by atoms with Crippen LogP contribution in [0.4, 0.5) is 0 Å². The van der Waals surface area contributed by atoms with Gasteiger partial charge >= 0.3 is 0 Å². The van der Waals surface area contributed by atoms with Crippen LogP contribution >= 0.6 is 0 Å². The molecule has 0 aliphatic rings. The summed E-state index contributed by atoms with van der Waals surface area (Å²) in [6.45, 7) is 13.1. The summed E-state index contributed by atoms with van der Waals surface area (Å²) < 4.78 is 29.1. The van der Waals surface area contributed by atoms with Crippen LogP contribution in [0.3, 0.4) is 0 Å². The zero-order chi connectivity index (χ0) is 31.4. The molecule has 15 nitrogen and oxygen atoms in total. The number of methoxy groups -OCH3 is 6. The number of carbonyl (C=O) groups is 3. The molecule has 0 radical (unpaired) electrons. The van der Waals surface area contributed by atoms with E-state index in [0.717, 1.165) is 85.8 Å². The van der Waals surface area contributed by atoms with Gasteiger partial charge in [0.2, 0.25) is 0 Å². The van der Waals surface area contributed by atoms with E-state index in [0.29, 0.717) is 0 Å². The minimum atomic E-state index is -1.08. The van der Waals surface area contributed by atoms with Crippen LogP contribution in [0.1, 0.15) is 20.3 Å². The van der Waals surface area contributed by atoms with Crippen LogP contribution in [-0.4, -0.2) is 140 Å². The first-order valence-corrected chi connectivity index (χ1v) is 12.5. The van der Waals surface area contributed by atoms with Crippen molar-refractivity contribution >= 4 is 18.4 Å². The van der Waals surface area contributed by atoms with Gasteiger partial charge in [0.1, 0.15) is 0 Å². The largest absolute Gasteiger partial charge is 0.554 e. The number of ether oxygens (including phenoxy) is 6. The van der Waals surface area contributed by atoms with E-state index in [2.05, 4.69) is 16.0 Å². The average Bonchev–Trinajstić information content (AvgIpc) is 2.90. The Morgan fingerprint density at radius 2 is 0.718 bits per heavy atom. The lowest BCUT2D eigenvalue weighted by atomic mass is 10.5. The number of nitrogens with two attached hydrogens (primary N) is 3. The van der Waals surface area contributed by atoms with E-state index in [-0.39, 0.29) is 6.42 Å². The Morgan fingerprint density at radius 1 is 0.590 bits per heavy atom. The molecule has 0 unspecified atom stereocenters. The number of rotatable bonds is 19. The lowest BCUT2D eigenvalue weighted by Crippen LogP contribution is -2.86. The third-order valence-electron chi connectivity index (χ3n) is 3.45. The van der Waals surface area contributed by atoms with E-state index in [1.807, 2.05) is 0 Å². The van der Waals surface area contributed by atoms with Crippen molar-refractivity contribution in [1.82, 2.24) is 0 Å². The van der Waals surface area contributed by atoms with Gasteiger partial charge in [0.15, 0.2) is 0 Å². The number of carboxylic acid groups (broad SMARTS) is 3. The molecule has 0 aromatic carbocycles. The van der Waals surface area contributed by atoms with Crippen molar-refractivity contribution in [3.8, 4) is 0 Å². The molecule has 0 rings (SSSR count). The first-order valence-electron chi connectivity index (χ1n) is 12.5. The number of hydrogen-bond donors (Lipinski definition) is 3. The van der Waals surface area contributed by atoms with Crippen molar-refractivity contribution in [2.75, 3.05) is 122 Å². The number of aliphatic carboxylic acids is 2. The second-order valence-electron chi connectivity index (χ2n) is 6.87. The van der Waals surface area contributed by atoms with Gasteiger partial charge in [0.05, 0.1) is 78.9 Å². The Kier molecular flexibility index (Phi) is 77.5. The maximum atomic E-state index is 9.26. The van der Waals surface area contributed by atoms with Crippen LogP contribution in [0.2, 0.25) is 0 Å². The zero-order valence-corrected chi connectivity index (χ0v) is 25.4. The maximum absolute atomic E-state index is 9.26. The van der Waals surface area contributed by atoms with Crippen molar-refractivity contribution in [3.63, 3.8) is 0 Å². The summed E-state index contributed by atoms with van der Waals surface area (Å²) in [7, 11) is 10.3. The summed E-state index contributed by atoms with van der Waals surface area (Å²) in [5.74, 6) is -2.08.